The van der Waals surface area contributed by atoms with Crippen LogP contribution in [0.3, 0.4) is 0 Å². The lowest BCUT2D eigenvalue weighted by atomic mass is 10.00. The Labute approximate surface area is 176 Å². The highest BCUT2D eigenvalue weighted by Gasteiger charge is 2.30. The van der Waals surface area contributed by atoms with Crippen molar-refractivity contribution in [1.82, 2.24) is 34.7 Å². The predicted octanol–water partition coefficient (Wildman–Crippen LogP) is 3.57. The third-order valence-electron chi connectivity index (χ3n) is 5.85. The molecule has 0 amide bonds. The van der Waals surface area contributed by atoms with Gasteiger partial charge in [0.15, 0.2) is 11.5 Å². The van der Waals surface area contributed by atoms with Crippen molar-refractivity contribution in [2.75, 3.05) is 5.32 Å². The molecule has 9 heteroatoms. The van der Waals surface area contributed by atoms with Crippen molar-refractivity contribution in [2.45, 2.75) is 31.8 Å². The van der Waals surface area contributed by atoms with Crippen LogP contribution in [0.1, 0.15) is 37.5 Å². The second-order valence-corrected chi connectivity index (χ2v) is 7.92. The van der Waals surface area contributed by atoms with Gasteiger partial charge in [0.1, 0.15) is 11.8 Å². The van der Waals surface area contributed by atoms with Crippen molar-refractivity contribution in [3.8, 4) is 11.1 Å². The van der Waals surface area contributed by atoms with Crippen LogP contribution in [0.15, 0.2) is 54.1 Å². The fourth-order valence-electron chi connectivity index (χ4n) is 4.23. The number of H-pyrrole nitrogens is 2. The van der Waals surface area contributed by atoms with Gasteiger partial charge in [-0.1, -0.05) is 18.2 Å². The molecule has 5 aromatic rings. The van der Waals surface area contributed by atoms with Crippen LogP contribution in [0, 0.1) is 0 Å². The van der Waals surface area contributed by atoms with Crippen molar-refractivity contribution >= 4 is 27.8 Å². The lowest BCUT2D eigenvalue weighted by Crippen LogP contribution is -2.26. The largest absolute Gasteiger partial charge is 0.360 e. The molecule has 6 rings (SSSR count). The topological polar surface area (TPSA) is 117 Å². The number of nitrogens with one attached hydrogen (secondary N) is 3. The van der Waals surface area contributed by atoms with Gasteiger partial charge in [0, 0.05) is 23.5 Å². The van der Waals surface area contributed by atoms with Crippen molar-refractivity contribution < 1.29 is 0 Å². The molecule has 1 saturated carbocycles. The summed E-state index contributed by atoms with van der Waals surface area (Å²) < 4.78 is 1.95. The smallest absolute Gasteiger partial charge is 0.259 e. The number of nitrogens with zero attached hydrogens (tertiary/aromatic N) is 5. The average molecular weight is 412 g/mol. The zero-order chi connectivity index (χ0) is 20.9. The molecule has 0 radical (unpaired) electrons. The number of aromatic nitrogens is 7. The van der Waals surface area contributed by atoms with Gasteiger partial charge in [0.05, 0.1) is 24.0 Å². The Morgan fingerprint density at radius 2 is 2.13 bits per heavy atom. The van der Waals surface area contributed by atoms with Crippen LogP contribution in [0.5, 0.6) is 0 Å². The number of fused-ring (bicyclic) bond motifs is 2. The number of hydrogen-bond donors (Lipinski definition) is 3. The summed E-state index contributed by atoms with van der Waals surface area (Å²) in [7, 11) is 0. The first-order valence-corrected chi connectivity index (χ1v) is 10.3. The first-order chi connectivity index (χ1) is 15.2. The van der Waals surface area contributed by atoms with Crippen LogP contribution in [0.4, 0.5) is 5.82 Å². The summed E-state index contributed by atoms with van der Waals surface area (Å²) in [5.74, 6) is 0.640. The zero-order valence-corrected chi connectivity index (χ0v) is 16.8. The Hall–Kier alpha value is -4.01. The fraction of sp³-hybridized carbons (Fsp3) is 0.227. The van der Waals surface area contributed by atoms with Crippen LogP contribution in [-0.4, -0.2) is 34.7 Å². The lowest BCUT2D eigenvalue weighted by molar-refractivity contribution is 0.636. The van der Waals surface area contributed by atoms with Crippen LogP contribution in [0.2, 0.25) is 0 Å². The summed E-state index contributed by atoms with van der Waals surface area (Å²) in [5, 5.41) is 12.0. The Morgan fingerprint density at radius 1 is 1.23 bits per heavy atom. The van der Waals surface area contributed by atoms with Crippen LogP contribution < -0.4 is 10.9 Å². The minimum absolute atomic E-state index is 0.0352. The summed E-state index contributed by atoms with van der Waals surface area (Å²) in [6.07, 6.45) is 8.69. The van der Waals surface area contributed by atoms with Gasteiger partial charge in [0.2, 0.25) is 0 Å². The average Bonchev–Trinajstić information content (AvgIpc) is 3.25. The van der Waals surface area contributed by atoms with E-state index in [0.29, 0.717) is 17.0 Å². The van der Waals surface area contributed by atoms with E-state index in [-0.39, 0.29) is 17.6 Å². The SMILES string of the molecule is C[C@H](Nc1ncnc2[nH]cnc12)c1cc2cccc(-c3cn[nH]c3)c2c(=O)n1C1CC1. The second kappa shape index (κ2) is 6.76. The van der Waals surface area contributed by atoms with Gasteiger partial charge in [-0.3, -0.25) is 9.89 Å². The molecule has 0 aliphatic heterocycles. The standard InChI is InChI=1S/C22H20N8O/c1-12(29-21-19-20(24-10-23-19)25-11-26-21)17-7-13-3-2-4-16(14-8-27-28-9-14)18(13)22(31)30(17)15-5-6-15/h2-4,7-12,15H,5-6H2,1H3,(H,27,28)(H2,23,24,25,26,29)/t12-/m0/s1. The molecule has 31 heavy (non-hydrogen) atoms. The van der Waals surface area contributed by atoms with E-state index >= 15 is 0 Å². The highest BCUT2D eigenvalue weighted by Crippen LogP contribution is 2.38. The molecule has 1 atom stereocenters. The molecule has 0 unspecified atom stereocenters. The number of rotatable bonds is 5. The lowest BCUT2D eigenvalue weighted by Gasteiger charge is -2.21. The quantitative estimate of drug-likeness (QED) is 0.406. The number of hydrogen-bond acceptors (Lipinski definition) is 6. The van der Waals surface area contributed by atoms with Gasteiger partial charge in [-0.05, 0) is 36.8 Å². The molecule has 1 aromatic carbocycles. The first-order valence-electron chi connectivity index (χ1n) is 10.3. The van der Waals surface area contributed by atoms with Crippen molar-refractivity contribution in [3.63, 3.8) is 0 Å². The Kier molecular flexibility index (Phi) is 3.89. The Balaban J connectivity index is 1.51. The molecule has 4 heterocycles. The molecule has 9 nitrogen and oxygen atoms in total. The molecule has 1 fully saturated rings. The van der Waals surface area contributed by atoms with E-state index in [9.17, 15) is 4.79 Å². The number of anilines is 1. The monoisotopic (exact) mass is 412 g/mol. The van der Waals surface area contributed by atoms with Crippen molar-refractivity contribution in [2.24, 2.45) is 0 Å². The maximum atomic E-state index is 13.7. The van der Waals surface area contributed by atoms with Gasteiger partial charge in [-0.15, -0.1) is 0 Å². The minimum atomic E-state index is -0.148. The second-order valence-electron chi connectivity index (χ2n) is 7.92. The highest BCUT2D eigenvalue weighted by atomic mass is 16.1. The van der Waals surface area contributed by atoms with Crippen molar-refractivity contribution in [1.29, 1.82) is 0 Å². The van der Waals surface area contributed by atoms with Gasteiger partial charge >= 0.3 is 0 Å². The maximum absolute atomic E-state index is 13.7. The van der Waals surface area contributed by atoms with Gasteiger partial charge in [-0.2, -0.15) is 5.10 Å². The van der Waals surface area contributed by atoms with Gasteiger partial charge in [0.25, 0.3) is 5.56 Å². The van der Waals surface area contributed by atoms with E-state index in [2.05, 4.69) is 41.5 Å². The van der Waals surface area contributed by atoms with Gasteiger partial charge in [-0.25, -0.2) is 15.0 Å². The first kappa shape index (κ1) is 17.8. The molecule has 3 N–H and O–H groups in total. The molecule has 154 valence electrons. The Morgan fingerprint density at radius 3 is 2.94 bits per heavy atom. The zero-order valence-electron chi connectivity index (χ0n) is 16.8. The summed E-state index contributed by atoms with van der Waals surface area (Å²) in [5.41, 5.74) is 4.13. The van der Waals surface area contributed by atoms with E-state index in [4.69, 9.17) is 0 Å². The van der Waals surface area contributed by atoms with Gasteiger partial charge < -0.3 is 14.9 Å². The molecule has 0 spiro atoms. The fourth-order valence-corrected chi connectivity index (χ4v) is 4.23. The number of benzene rings is 1. The molecule has 0 saturated heterocycles. The predicted molar refractivity (Wildman–Crippen MR) is 118 cm³/mol. The molecule has 1 aliphatic rings. The van der Waals surface area contributed by atoms with E-state index in [0.717, 1.165) is 40.4 Å². The summed E-state index contributed by atoms with van der Waals surface area (Å²) in [6, 6.07) is 8.13. The third kappa shape index (κ3) is 2.89. The van der Waals surface area contributed by atoms with Crippen LogP contribution in [0.25, 0.3) is 33.1 Å². The molecular formula is C22H20N8O. The number of imidazole rings is 1. The maximum Gasteiger partial charge on any atom is 0.259 e. The number of aromatic amines is 2. The minimum Gasteiger partial charge on any atom is -0.360 e. The van der Waals surface area contributed by atoms with E-state index in [1.807, 2.05) is 35.9 Å². The normalized spacial score (nSPS) is 14.9. The Bertz CT molecular complexity index is 1460. The molecule has 4 aromatic heterocycles. The van der Waals surface area contributed by atoms with Crippen LogP contribution >= 0.6 is 0 Å². The van der Waals surface area contributed by atoms with E-state index in [1.165, 1.54) is 6.33 Å². The molecule has 0 bridgehead atoms. The third-order valence-corrected chi connectivity index (χ3v) is 5.85. The molecular weight excluding hydrogens is 392 g/mol. The highest BCUT2D eigenvalue weighted by molar-refractivity contribution is 5.96. The van der Waals surface area contributed by atoms with E-state index in [1.54, 1.807) is 12.5 Å². The van der Waals surface area contributed by atoms with Crippen molar-refractivity contribution in [3.05, 3.63) is 65.4 Å². The van der Waals surface area contributed by atoms with Crippen LogP contribution in [-0.2, 0) is 0 Å². The number of pyridine rings is 1. The summed E-state index contributed by atoms with van der Waals surface area (Å²) >= 11 is 0. The molecule has 1 aliphatic carbocycles. The summed E-state index contributed by atoms with van der Waals surface area (Å²) in [4.78, 5) is 29.6. The summed E-state index contributed by atoms with van der Waals surface area (Å²) in [6.45, 7) is 2.04. The van der Waals surface area contributed by atoms with E-state index < -0.39 is 0 Å².